The molecule has 0 saturated carbocycles. The second kappa shape index (κ2) is 7.40. The molecule has 26 heavy (non-hydrogen) atoms. The van der Waals surface area contributed by atoms with Crippen molar-refractivity contribution in [1.82, 2.24) is 0 Å². The highest BCUT2D eigenvalue weighted by Gasteiger charge is 2.39. The van der Waals surface area contributed by atoms with Crippen molar-refractivity contribution in [2.75, 3.05) is 6.61 Å². The largest absolute Gasteiger partial charge is 0.493 e. The zero-order valence-corrected chi connectivity index (χ0v) is 14.9. The van der Waals surface area contributed by atoms with Crippen molar-refractivity contribution in [3.05, 3.63) is 54.1 Å². The molecule has 0 aliphatic rings. The maximum Gasteiger partial charge on any atom is 0.422 e. The van der Waals surface area contributed by atoms with Crippen LogP contribution in [0.5, 0.6) is 5.75 Å². The molecule has 3 nitrogen and oxygen atoms in total. The number of benzene rings is 2. The molecule has 0 N–H and O–H groups in total. The van der Waals surface area contributed by atoms with Crippen molar-refractivity contribution < 1.29 is 27.4 Å². The minimum atomic E-state index is -4.80. The van der Waals surface area contributed by atoms with E-state index >= 15 is 0 Å². The van der Waals surface area contributed by atoms with E-state index in [1.807, 2.05) is 43.3 Å². The Morgan fingerprint density at radius 3 is 2.42 bits per heavy atom. The fourth-order valence-corrected chi connectivity index (χ4v) is 2.42. The average Bonchev–Trinajstić information content (AvgIpc) is 2.54. The number of ether oxygens (including phenoxy) is 2. The minimum Gasteiger partial charge on any atom is -0.493 e. The molecular weight excluding hydrogens is 345 g/mol. The van der Waals surface area contributed by atoms with E-state index in [1.165, 1.54) is 13.8 Å². The first-order valence-electron chi connectivity index (χ1n) is 8.12. The van der Waals surface area contributed by atoms with Crippen molar-refractivity contribution in [3.63, 3.8) is 0 Å². The van der Waals surface area contributed by atoms with Gasteiger partial charge in [-0.2, -0.15) is 13.2 Å². The minimum absolute atomic E-state index is 0.188. The van der Waals surface area contributed by atoms with Gasteiger partial charge in [-0.15, -0.1) is 0 Å². The molecular formula is C20H21F3O3. The molecule has 6 heteroatoms. The van der Waals surface area contributed by atoms with Crippen molar-refractivity contribution >= 4 is 16.7 Å². The van der Waals surface area contributed by atoms with Crippen LogP contribution >= 0.6 is 0 Å². The highest BCUT2D eigenvalue weighted by molar-refractivity contribution is 5.90. The van der Waals surface area contributed by atoms with Gasteiger partial charge in [0, 0.05) is 11.8 Å². The molecule has 0 aromatic heterocycles. The number of fused-ring (bicyclic) bond motifs is 1. The summed E-state index contributed by atoms with van der Waals surface area (Å²) >= 11 is 0. The summed E-state index contributed by atoms with van der Waals surface area (Å²) in [7, 11) is 0. The SMILES string of the molecule is C=C(C(=O)OC(C)(C)CCOc1c(C)ccc2ccccc12)C(F)(F)F. The van der Waals surface area contributed by atoms with Crippen LogP contribution in [0, 0.1) is 6.92 Å². The first kappa shape index (κ1) is 19.8. The van der Waals surface area contributed by atoms with Crippen LogP contribution in [-0.4, -0.2) is 24.4 Å². The first-order chi connectivity index (χ1) is 12.0. The summed E-state index contributed by atoms with van der Waals surface area (Å²) < 4.78 is 48.4. The Balaban J connectivity index is 2.02. The van der Waals surface area contributed by atoms with E-state index in [1.54, 1.807) is 0 Å². The lowest BCUT2D eigenvalue weighted by Gasteiger charge is -2.26. The second-order valence-electron chi connectivity index (χ2n) is 6.66. The summed E-state index contributed by atoms with van der Waals surface area (Å²) in [5.74, 6) is -0.756. The summed E-state index contributed by atoms with van der Waals surface area (Å²) in [6, 6.07) is 11.7. The Morgan fingerprint density at radius 1 is 1.12 bits per heavy atom. The Kier molecular flexibility index (Phi) is 5.64. The number of hydrogen-bond acceptors (Lipinski definition) is 3. The van der Waals surface area contributed by atoms with Gasteiger partial charge in [0.25, 0.3) is 0 Å². The third-order valence-electron chi connectivity index (χ3n) is 3.98. The van der Waals surface area contributed by atoms with E-state index in [-0.39, 0.29) is 13.0 Å². The maximum atomic E-state index is 12.5. The molecule has 0 radical (unpaired) electrons. The monoisotopic (exact) mass is 366 g/mol. The molecule has 0 spiro atoms. The lowest BCUT2D eigenvalue weighted by atomic mass is 10.0. The molecule has 0 unspecified atom stereocenters. The molecule has 0 fully saturated rings. The zero-order valence-electron chi connectivity index (χ0n) is 14.9. The van der Waals surface area contributed by atoms with Gasteiger partial charge in [0.05, 0.1) is 6.61 Å². The van der Waals surface area contributed by atoms with Crippen LogP contribution in [0.4, 0.5) is 13.2 Å². The molecule has 2 rings (SSSR count). The number of esters is 1. The highest BCUT2D eigenvalue weighted by atomic mass is 19.4. The number of hydrogen-bond donors (Lipinski definition) is 0. The number of carbonyl (C=O) groups excluding carboxylic acids is 1. The highest BCUT2D eigenvalue weighted by Crippen LogP contribution is 2.31. The normalized spacial score (nSPS) is 12.1. The summed E-state index contributed by atoms with van der Waals surface area (Å²) in [4.78, 5) is 11.6. The van der Waals surface area contributed by atoms with Gasteiger partial charge >= 0.3 is 12.1 Å². The van der Waals surface area contributed by atoms with Gasteiger partial charge in [0.1, 0.15) is 16.9 Å². The van der Waals surface area contributed by atoms with Crippen molar-refractivity contribution in [2.24, 2.45) is 0 Å². The van der Waals surface area contributed by atoms with Crippen molar-refractivity contribution in [2.45, 2.75) is 39.0 Å². The molecule has 0 aliphatic heterocycles. The van der Waals surface area contributed by atoms with Gasteiger partial charge in [0.2, 0.25) is 0 Å². The average molecular weight is 366 g/mol. The Labute approximate surface area is 150 Å². The van der Waals surface area contributed by atoms with Gasteiger partial charge in [-0.1, -0.05) is 43.0 Å². The van der Waals surface area contributed by atoms with E-state index in [9.17, 15) is 18.0 Å². The van der Waals surface area contributed by atoms with Crippen molar-refractivity contribution in [3.8, 4) is 5.75 Å². The molecule has 0 bridgehead atoms. The molecule has 0 aliphatic carbocycles. The molecule has 0 atom stereocenters. The Morgan fingerprint density at radius 2 is 1.77 bits per heavy atom. The summed E-state index contributed by atoms with van der Waals surface area (Å²) in [6.45, 7) is 7.93. The molecule has 0 amide bonds. The third kappa shape index (κ3) is 4.77. The van der Waals surface area contributed by atoms with Gasteiger partial charge in [-0.3, -0.25) is 0 Å². The molecule has 2 aromatic rings. The van der Waals surface area contributed by atoms with Gasteiger partial charge in [0.15, 0.2) is 0 Å². The number of alkyl halides is 3. The van der Waals surface area contributed by atoms with Crippen LogP contribution in [0.1, 0.15) is 25.8 Å². The van der Waals surface area contributed by atoms with Crippen LogP contribution in [0.25, 0.3) is 10.8 Å². The standard InChI is InChI=1S/C20H21F3O3/c1-13-9-10-15-7-5-6-8-16(15)17(13)25-12-11-19(3,4)26-18(24)14(2)20(21,22)23/h5-10H,2,11-12H2,1,3-4H3. The van der Waals surface area contributed by atoms with E-state index in [0.717, 1.165) is 16.3 Å². The molecule has 2 aromatic carbocycles. The number of aryl methyl sites for hydroxylation is 1. The Hall–Kier alpha value is -2.50. The predicted octanol–water partition coefficient (Wildman–Crippen LogP) is 5.36. The van der Waals surface area contributed by atoms with E-state index in [2.05, 4.69) is 6.58 Å². The van der Waals surface area contributed by atoms with Crippen LogP contribution in [0.3, 0.4) is 0 Å². The lowest BCUT2D eigenvalue weighted by molar-refractivity contribution is -0.162. The second-order valence-corrected chi connectivity index (χ2v) is 6.66. The van der Waals surface area contributed by atoms with E-state index in [4.69, 9.17) is 9.47 Å². The fraction of sp³-hybridized carbons (Fsp3) is 0.350. The molecule has 140 valence electrons. The third-order valence-corrected chi connectivity index (χ3v) is 3.98. The van der Waals surface area contributed by atoms with Crippen LogP contribution < -0.4 is 4.74 Å². The van der Waals surface area contributed by atoms with E-state index < -0.39 is 23.3 Å². The fourth-order valence-electron chi connectivity index (χ4n) is 2.42. The summed E-state index contributed by atoms with van der Waals surface area (Å²) in [6.07, 6.45) is -4.57. The number of carbonyl (C=O) groups is 1. The number of rotatable bonds is 6. The van der Waals surface area contributed by atoms with Crippen molar-refractivity contribution in [1.29, 1.82) is 0 Å². The van der Waals surface area contributed by atoms with Crippen LogP contribution in [0.15, 0.2) is 48.6 Å². The quantitative estimate of drug-likeness (QED) is 0.510. The first-order valence-corrected chi connectivity index (χ1v) is 8.12. The Bertz CT molecular complexity index is 823. The molecule has 0 heterocycles. The van der Waals surface area contributed by atoms with Gasteiger partial charge in [-0.05, 0) is 31.7 Å². The number of halogens is 3. The zero-order chi connectivity index (χ0) is 19.5. The van der Waals surface area contributed by atoms with E-state index in [0.29, 0.717) is 5.75 Å². The predicted molar refractivity (Wildman–Crippen MR) is 94.2 cm³/mol. The smallest absolute Gasteiger partial charge is 0.422 e. The van der Waals surface area contributed by atoms with Gasteiger partial charge < -0.3 is 9.47 Å². The maximum absolute atomic E-state index is 12.5. The summed E-state index contributed by atoms with van der Waals surface area (Å²) in [5.41, 5.74) is -1.69. The topological polar surface area (TPSA) is 35.5 Å². The van der Waals surface area contributed by atoms with Gasteiger partial charge in [-0.25, -0.2) is 4.79 Å². The summed E-state index contributed by atoms with van der Waals surface area (Å²) in [5, 5.41) is 1.98. The molecule has 0 saturated heterocycles. The lowest BCUT2D eigenvalue weighted by Crippen LogP contribution is -2.33. The van der Waals surface area contributed by atoms with Crippen LogP contribution in [0.2, 0.25) is 0 Å². The van der Waals surface area contributed by atoms with Crippen LogP contribution in [-0.2, 0) is 9.53 Å².